The Labute approximate surface area is 188 Å². The van der Waals surface area contributed by atoms with E-state index >= 15 is 0 Å². The van der Waals surface area contributed by atoms with Crippen molar-refractivity contribution in [1.29, 1.82) is 0 Å². The monoisotopic (exact) mass is 441 g/mol. The minimum Gasteiger partial charge on any atom is -0.493 e. The van der Waals surface area contributed by atoms with Crippen molar-refractivity contribution < 1.29 is 14.3 Å². The molecule has 6 heteroatoms. The van der Waals surface area contributed by atoms with E-state index in [0.29, 0.717) is 28.4 Å². The highest BCUT2D eigenvalue weighted by molar-refractivity contribution is 8.26. The van der Waals surface area contributed by atoms with Gasteiger partial charge in [0.1, 0.15) is 15.8 Å². The number of thiocarbonyl (C=S) groups is 1. The molecule has 1 saturated heterocycles. The third-order valence-corrected chi connectivity index (χ3v) is 6.54. The molecular formula is C24H27NO3S2. The lowest BCUT2D eigenvalue weighted by atomic mass is 9.99. The third kappa shape index (κ3) is 5.86. The molecule has 0 aliphatic carbocycles. The molecule has 3 rings (SSSR count). The van der Waals surface area contributed by atoms with Gasteiger partial charge in [-0.25, -0.2) is 0 Å². The van der Waals surface area contributed by atoms with Crippen molar-refractivity contribution in [1.82, 2.24) is 4.90 Å². The summed E-state index contributed by atoms with van der Waals surface area (Å²) >= 11 is 6.48. The SMILES string of the molecule is CCC(C)c1ccc(OCCCOc2ccc(/C=C3/SC(=S)N(C)C3=O)cc2)cc1. The van der Waals surface area contributed by atoms with Gasteiger partial charge in [0, 0.05) is 13.5 Å². The lowest BCUT2D eigenvalue weighted by Gasteiger charge is -2.11. The van der Waals surface area contributed by atoms with Crippen LogP contribution in [0.25, 0.3) is 6.08 Å². The van der Waals surface area contributed by atoms with Crippen molar-refractivity contribution >= 4 is 40.3 Å². The first kappa shape index (κ1) is 22.4. The van der Waals surface area contributed by atoms with Gasteiger partial charge >= 0.3 is 0 Å². The molecule has 0 radical (unpaired) electrons. The minimum absolute atomic E-state index is 0.0557. The van der Waals surface area contributed by atoms with E-state index in [2.05, 4.69) is 26.0 Å². The van der Waals surface area contributed by atoms with Crippen molar-refractivity contribution in [2.75, 3.05) is 20.3 Å². The number of carbonyl (C=O) groups is 1. The van der Waals surface area contributed by atoms with Gasteiger partial charge < -0.3 is 9.47 Å². The first-order valence-corrected chi connectivity index (χ1v) is 11.4. The highest BCUT2D eigenvalue weighted by Gasteiger charge is 2.28. The zero-order chi connectivity index (χ0) is 21.5. The normalized spacial score (nSPS) is 16.2. The summed E-state index contributed by atoms with van der Waals surface area (Å²) in [5, 5.41) is 0. The molecule has 2 aromatic rings. The zero-order valence-electron chi connectivity index (χ0n) is 17.6. The van der Waals surface area contributed by atoms with Crippen LogP contribution in [0.5, 0.6) is 11.5 Å². The van der Waals surface area contributed by atoms with Crippen LogP contribution in [0.1, 0.15) is 43.7 Å². The van der Waals surface area contributed by atoms with Gasteiger partial charge in [0.15, 0.2) is 0 Å². The maximum absolute atomic E-state index is 12.1. The summed E-state index contributed by atoms with van der Waals surface area (Å²) in [6, 6.07) is 16.0. The van der Waals surface area contributed by atoms with E-state index in [1.165, 1.54) is 22.2 Å². The standard InChI is InChI=1S/C24H27NO3S2/c1-4-17(2)19-8-12-21(13-9-19)28-15-5-14-27-20-10-6-18(7-11-20)16-22-23(26)25(3)24(29)30-22/h6-13,16-17H,4-5,14-15H2,1-3H3/b22-16+. The molecule has 1 fully saturated rings. The van der Waals surface area contributed by atoms with E-state index in [0.717, 1.165) is 29.9 Å². The maximum atomic E-state index is 12.1. The summed E-state index contributed by atoms with van der Waals surface area (Å²) in [7, 11) is 1.70. The van der Waals surface area contributed by atoms with Crippen LogP contribution in [0.3, 0.4) is 0 Å². The lowest BCUT2D eigenvalue weighted by molar-refractivity contribution is -0.121. The molecule has 2 aromatic carbocycles. The Morgan fingerprint density at radius 2 is 1.60 bits per heavy atom. The van der Waals surface area contributed by atoms with Crippen molar-refractivity contribution in [2.24, 2.45) is 0 Å². The highest BCUT2D eigenvalue weighted by atomic mass is 32.2. The Hall–Kier alpha value is -2.31. The predicted molar refractivity (Wildman–Crippen MR) is 128 cm³/mol. The largest absolute Gasteiger partial charge is 0.493 e. The molecule has 4 nitrogen and oxygen atoms in total. The summed E-state index contributed by atoms with van der Waals surface area (Å²) < 4.78 is 12.2. The van der Waals surface area contributed by atoms with E-state index in [1.807, 2.05) is 42.5 Å². The van der Waals surface area contributed by atoms with E-state index in [4.69, 9.17) is 21.7 Å². The topological polar surface area (TPSA) is 38.8 Å². The number of benzene rings is 2. The Morgan fingerprint density at radius 1 is 1.03 bits per heavy atom. The maximum Gasteiger partial charge on any atom is 0.265 e. The van der Waals surface area contributed by atoms with Gasteiger partial charge in [-0.05, 0) is 53.8 Å². The fraction of sp³-hybridized carbons (Fsp3) is 0.333. The van der Waals surface area contributed by atoms with Crippen LogP contribution in [0.15, 0.2) is 53.4 Å². The predicted octanol–water partition coefficient (Wildman–Crippen LogP) is 5.88. The number of hydrogen-bond acceptors (Lipinski definition) is 5. The minimum atomic E-state index is -0.0557. The summed E-state index contributed by atoms with van der Waals surface area (Å²) in [6.45, 7) is 5.63. The Morgan fingerprint density at radius 3 is 2.10 bits per heavy atom. The van der Waals surface area contributed by atoms with Gasteiger partial charge in [0.2, 0.25) is 0 Å². The Balaban J connectivity index is 1.40. The van der Waals surface area contributed by atoms with E-state index < -0.39 is 0 Å². The van der Waals surface area contributed by atoms with Gasteiger partial charge in [0.05, 0.1) is 18.1 Å². The number of rotatable bonds is 9. The quantitative estimate of drug-likeness (QED) is 0.276. The second-order valence-electron chi connectivity index (χ2n) is 7.24. The first-order chi connectivity index (χ1) is 14.5. The fourth-order valence-electron chi connectivity index (χ4n) is 2.92. The van der Waals surface area contributed by atoms with Gasteiger partial charge in [-0.15, -0.1) is 0 Å². The molecule has 1 aliphatic heterocycles. The van der Waals surface area contributed by atoms with Crippen LogP contribution in [-0.2, 0) is 4.79 Å². The average Bonchev–Trinajstić information content (AvgIpc) is 3.01. The van der Waals surface area contributed by atoms with Crippen molar-refractivity contribution in [3.8, 4) is 11.5 Å². The van der Waals surface area contributed by atoms with E-state index in [-0.39, 0.29) is 5.91 Å². The number of nitrogens with zero attached hydrogens (tertiary/aromatic N) is 1. The number of carbonyl (C=O) groups excluding carboxylic acids is 1. The number of amides is 1. The Kier molecular flexibility index (Phi) is 7.94. The second-order valence-corrected chi connectivity index (χ2v) is 8.91. The third-order valence-electron chi connectivity index (χ3n) is 5.05. The molecule has 1 atom stereocenters. The van der Waals surface area contributed by atoms with Crippen LogP contribution in [0.4, 0.5) is 0 Å². The van der Waals surface area contributed by atoms with Crippen molar-refractivity contribution in [3.05, 3.63) is 64.6 Å². The van der Waals surface area contributed by atoms with Gasteiger partial charge in [-0.3, -0.25) is 9.69 Å². The van der Waals surface area contributed by atoms with E-state index in [9.17, 15) is 4.79 Å². The number of hydrogen-bond donors (Lipinski definition) is 0. The molecule has 30 heavy (non-hydrogen) atoms. The van der Waals surface area contributed by atoms with Crippen LogP contribution in [0.2, 0.25) is 0 Å². The molecule has 158 valence electrons. The molecular weight excluding hydrogens is 414 g/mol. The molecule has 0 saturated carbocycles. The Bertz CT molecular complexity index is 907. The molecule has 0 N–H and O–H groups in total. The number of thioether (sulfide) groups is 1. The molecule has 0 bridgehead atoms. The summed E-state index contributed by atoms with van der Waals surface area (Å²) in [6.07, 6.45) is 3.79. The molecule has 1 aliphatic rings. The first-order valence-electron chi connectivity index (χ1n) is 10.1. The molecule has 1 unspecified atom stereocenters. The molecule has 0 spiro atoms. The zero-order valence-corrected chi connectivity index (χ0v) is 19.2. The van der Waals surface area contributed by atoms with Crippen LogP contribution >= 0.6 is 24.0 Å². The molecule has 1 heterocycles. The summed E-state index contributed by atoms with van der Waals surface area (Å²) in [5.74, 6) is 2.21. The van der Waals surface area contributed by atoms with Crippen LogP contribution < -0.4 is 9.47 Å². The number of ether oxygens (including phenoxy) is 2. The van der Waals surface area contributed by atoms with Gasteiger partial charge in [-0.2, -0.15) is 0 Å². The molecule has 0 aromatic heterocycles. The average molecular weight is 442 g/mol. The van der Waals surface area contributed by atoms with Gasteiger partial charge in [0.25, 0.3) is 5.91 Å². The molecule has 1 amide bonds. The van der Waals surface area contributed by atoms with Crippen molar-refractivity contribution in [2.45, 2.75) is 32.6 Å². The van der Waals surface area contributed by atoms with Crippen LogP contribution in [-0.4, -0.2) is 35.4 Å². The van der Waals surface area contributed by atoms with E-state index in [1.54, 1.807) is 7.05 Å². The smallest absolute Gasteiger partial charge is 0.265 e. The number of likely N-dealkylation sites (N-methyl/N-ethyl adjacent to an activating group) is 1. The second kappa shape index (κ2) is 10.6. The highest BCUT2D eigenvalue weighted by Crippen LogP contribution is 2.31. The van der Waals surface area contributed by atoms with Crippen molar-refractivity contribution in [3.63, 3.8) is 0 Å². The lowest BCUT2D eigenvalue weighted by Crippen LogP contribution is -2.22. The summed E-state index contributed by atoms with van der Waals surface area (Å²) in [4.78, 5) is 14.2. The fourth-order valence-corrected chi connectivity index (χ4v) is 4.10. The summed E-state index contributed by atoms with van der Waals surface area (Å²) in [5.41, 5.74) is 2.29. The van der Waals surface area contributed by atoms with Gasteiger partial charge in [-0.1, -0.05) is 62.1 Å². The van der Waals surface area contributed by atoms with Crippen LogP contribution in [0, 0.1) is 0 Å².